The Hall–Kier alpha value is -2.09. The smallest absolute Gasteiger partial charge is 0.251 e. The van der Waals surface area contributed by atoms with Crippen molar-refractivity contribution in [1.82, 2.24) is 16.0 Å². The van der Waals surface area contributed by atoms with Crippen molar-refractivity contribution in [1.29, 1.82) is 0 Å². The molecule has 2 aromatic carbocycles. The van der Waals surface area contributed by atoms with Crippen LogP contribution in [-0.4, -0.2) is 31.5 Å². The Bertz CT molecular complexity index is 647. The lowest BCUT2D eigenvalue weighted by molar-refractivity contribution is 0.0954. The third kappa shape index (κ3) is 8.02. The predicted molar refractivity (Wildman–Crippen MR) is 113 cm³/mol. The van der Waals surface area contributed by atoms with Gasteiger partial charge in [-0.05, 0) is 24.6 Å². The van der Waals surface area contributed by atoms with Gasteiger partial charge in [0.05, 0.1) is 6.54 Å². The zero-order valence-electron chi connectivity index (χ0n) is 14.4. The summed E-state index contributed by atoms with van der Waals surface area (Å²) in [6.45, 7) is 4.57. The van der Waals surface area contributed by atoms with Gasteiger partial charge in [0, 0.05) is 25.2 Å². The van der Waals surface area contributed by atoms with Crippen LogP contribution in [0.15, 0.2) is 65.7 Å². The van der Waals surface area contributed by atoms with Crippen molar-refractivity contribution < 1.29 is 4.79 Å². The van der Waals surface area contributed by atoms with E-state index in [1.165, 1.54) is 0 Å². The molecule has 0 aliphatic heterocycles. The Morgan fingerprint density at radius 3 is 2.12 bits per heavy atom. The first-order valence-corrected chi connectivity index (χ1v) is 8.19. The predicted octanol–water partition coefficient (Wildman–Crippen LogP) is 2.79. The molecule has 25 heavy (non-hydrogen) atoms. The first kappa shape index (κ1) is 21.0. The van der Waals surface area contributed by atoms with Crippen LogP contribution in [0.1, 0.15) is 22.8 Å². The zero-order chi connectivity index (χ0) is 17.0. The van der Waals surface area contributed by atoms with Gasteiger partial charge in [0.1, 0.15) is 0 Å². The number of hydrogen-bond acceptors (Lipinski definition) is 2. The quantitative estimate of drug-likeness (QED) is 0.262. The summed E-state index contributed by atoms with van der Waals surface area (Å²) >= 11 is 0. The molecule has 0 heterocycles. The third-order valence-corrected chi connectivity index (χ3v) is 3.35. The summed E-state index contributed by atoms with van der Waals surface area (Å²) in [5, 5.41) is 9.31. The number of rotatable bonds is 7. The van der Waals surface area contributed by atoms with Gasteiger partial charge in [-0.25, -0.2) is 4.99 Å². The Kier molecular flexibility index (Phi) is 10.3. The van der Waals surface area contributed by atoms with E-state index >= 15 is 0 Å². The average molecular weight is 452 g/mol. The van der Waals surface area contributed by atoms with Gasteiger partial charge >= 0.3 is 0 Å². The second kappa shape index (κ2) is 12.3. The van der Waals surface area contributed by atoms with E-state index in [0.29, 0.717) is 25.2 Å². The fraction of sp³-hybridized carbons (Fsp3) is 0.263. The van der Waals surface area contributed by atoms with Crippen LogP contribution in [0.2, 0.25) is 0 Å². The largest absolute Gasteiger partial charge is 0.357 e. The summed E-state index contributed by atoms with van der Waals surface area (Å²) in [5.74, 6) is 0.680. The molecule has 0 aliphatic carbocycles. The van der Waals surface area contributed by atoms with Crippen molar-refractivity contribution in [3.8, 4) is 0 Å². The summed E-state index contributed by atoms with van der Waals surface area (Å²) in [5.41, 5.74) is 1.83. The topological polar surface area (TPSA) is 65.5 Å². The van der Waals surface area contributed by atoms with E-state index in [-0.39, 0.29) is 29.9 Å². The molecular formula is C19H25IN4O. The van der Waals surface area contributed by atoms with Crippen molar-refractivity contribution in [3.05, 3.63) is 71.8 Å². The fourth-order valence-corrected chi connectivity index (χ4v) is 2.14. The van der Waals surface area contributed by atoms with Gasteiger partial charge in [-0.1, -0.05) is 48.5 Å². The van der Waals surface area contributed by atoms with Gasteiger partial charge in [0.25, 0.3) is 5.91 Å². The molecule has 134 valence electrons. The number of halogens is 1. The molecule has 0 saturated carbocycles. The van der Waals surface area contributed by atoms with Crippen LogP contribution < -0.4 is 16.0 Å². The number of hydrogen-bond donors (Lipinski definition) is 3. The lowest BCUT2D eigenvalue weighted by atomic mass is 10.2. The molecule has 0 aliphatic rings. The number of carbonyl (C=O) groups excluding carboxylic acids is 1. The van der Waals surface area contributed by atoms with Gasteiger partial charge in [-0.3, -0.25) is 4.79 Å². The second-order valence-electron chi connectivity index (χ2n) is 5.23. The maximum Gasteiger partial charge on any atom is 0.251 e. The molecular weight excluding hydrogens is 427 g/mol. The Labute approximate surface area is 166 Å². The van der Waals surface area contributed by atoms with Gasteiger partial charge in [-0.2, -0.15) is 0 Å². The maximum absolute atomic E-state index is 11.9. The van der Waals surface area contributed by atoms with Gasteiger partial charge < -0.3 is 16.0 Å². The van der Waals surface area contributed by atoms with Crippen molar-refractivity contribution in [3.63, 3.8) is 0 Å². The van der Waals surface area contributed by atoms with Gasteiger partial charge in [0.2, 0.25) is 0 Å². The monoisotopic (exact) mass is 452 g/mol. The lowest BCUT2D eigenvalue weighted by Gasteiger charge is -2.12. The van der Waals surface area contributed by atoms with Gasteiger partial charge in [0.15, 0.2) is 5.96 Å². The summed E-state index contributed by atoms with van der Waals surface area (Å²) in [6.07, 6.45) is 0. The highest BCUT2D eigenvalue weighted by Crippen LogP contribution is 2.00. The molecule has 0 bridgehead atoms. The molecule has 0 atom stereocenters. The molecule has 6 heteroatoms. The second-order valence-corrected chi connectivity index (χ2v) is 5.23. The highest BCUT2D eigenvalue weighted by atomic mass is 127. The number of amides is 1. The third-order valence-electron chi connectivity index (χ3n) is 3.35. The minimum atomic E-state index is -0.0661. The van der Waals surface area contributed by atoms with E-state index in [1.807, 2.05) is 55.5 Å². The van der Waals surface area contributed by atoms with E-state index in [1.54, 1.807) is 12.1 Å². The fourth-order valence-electron chi connectivity index (χ4n) is 2.14. The van der Waals surface area contributed by atoms with Crippen LogP contribution in [0, 0.1) is 0 Å². The molecule has 2 rings (SSSR count). The highest BCUT2D eigenvalue weighted by molar-refractivity contribution is 14.0. The molecule has 2 aromatic rings. The van der Waals surface area contributed by atoms with E-state index in [0.717, 1.165) is 18.1 Å². The molecule has 0 unspecified atom stereocenters. The molecule has 5 nitrogen and oxygen atoms in total. The minimum Gasteiger partial charge on any atom is -0.357 e. The molecule has 0 saturated heterocycles. The van der Waals surface area contributed by atoms with Crippen LogP contribution in [0.3, 0.4) is 0 Å². The van der Waals surface area contributed by atoms with Crippen LogP contribution in [0.4, 0.5) is 0 Å². The van der Waals surface area contributed by atoms with Crippen molar-refractivity contribution >= 4 is 35.8 Å². The number of aliphatic imine (C=N–C) groups is 1. The molecule has 3 N–H and O–H groups in total. The minimum absolute atomic E-state index is 0. The van der Waals surface area contributed by atoms with E-state index in [2.05, 4.69) is 20.9 Å². The first-order valence-electron chi connectivity index (χ1n) is 8.19. The zero-order valence-corrected chi connectivity index (χ0v) is 16.7. The average Bonchev–Trinajstić information content (AvgIpc) is 2.64. The number of nitrogens with zero attached hydrogens (tertiary/aromatic N) is 1. The number of benzene rings is 2. The van der Waals surface area contributed by atoms with Crippen LogP contribution in [0.5, 0.6) is 0 Å². The van der Waals surface area contributed by atoms with E-state index < -0.39 is 0 Å². The number of carbonyl (C=O) groups is 1. The summed E-state index contributed by atoms with van der Waals surface area (Å²) in [7, 11) is 0. The highest BCUT2D eigenvalue weighted by Gasteiger charge is 2.03. The van der Waals surface area contributed by atoms with Crippen molar-refractivity contribution in [2.45, 2.75) is 13.5 Å². The Morgan fingerprint density at radius 1 is 0.880 bits per heavy atom. The van der Waals surface area contributed by atoms with E-state index in [4.69, 9.17) is 0 Å². The lowest BCUT2D eigenvalue weighted by Crippen LogP contribution is -2.41. The van der Waals surface area contributed by atoms with Gasteiger partial charge in [-0.15, -0.1) is 24.0 Å². The van der Waals surface area contributed by atoms with Crippen molar-refractivity contribution in [2.24, 2.45) is 4.99 Å². The molecule has 0 fully saturated rings. The standard InChI is InChI=1S/C19H24N4O.HI/c1-2-20-19(23-15-16-9-5-3-6-10-16)22-14-13-21-18(24)17-11-7-4-8-12-17;/h3-12H,2,13-15H2,1H3,(H,21,24)(H2,20,22,23);1H. The molecule has 1 amide bonds. The summed E-state index contributed by atoms with van der Waals surface area (Å²) in [6, 6.07) is 19.3. The SMILES string of the molecule is CCNC(=NCc1ccccc1)NCCNC(=O)c1ccccc1.I. The Balaban J connectivity index is 0.00000312. The summed E-state index contributed by atoms with van der Waals surface area (Å²) in [4.78, 5) is 16.5. The molecule has 0 spiro atoms. The number of nitrogens with one attached hydrogen (secondary N) is 3. The maximum atomic E-state index is 11.9. The first-order chi connectivity index (χ1) is 11.8. The van der Waals surface area contributed by atoms with Crippen molar-refractivity contribution in [2.75, 3.05) is 19.6 Å². The Morgan fingerprint density at radius 2 is 1.48 bits per heavy atom. The van der Waals surface area contributed by atoms with Crippen LogP contribution in [0.25, 0.3) is 0 Å². The normalized spacial score (nSPS) is 10.5. The van der Waals surface area contributed by atoms with Crippen LogP contribution in [-0.2, 0) is 6.54 Å². The number of guanidine groups is 1. The summed E-state index contributed by atoms with van der Waals surface area (Å²) < 4.78 is 0. The molecule has 0 aromatic heterocycles. The molecule has 0 radical (unpaired) electrons. The van der Waals surface area contributed by atoms with Crippen LogP contribution >= 0.6 is 24.0 Å². The van der Waals surface area contributed by atoms with E-state index in [9.17, 15) is 4.79 Å².